The normalized spacial score (nSPS) is 10.7. The lowest BCUT2D eigenvalue weighted by Crippen LogP contribution is -2.27. The zero-order chi connectivity index (χ0) is 15.5. The molecule has 0 fully saturated rings. The van der Waals surface area contributed by atoms with Gasteiger partial charge in [-0.3, -0.25) is 0 Å². The monoisotopic (exact) mass is 310 g/mol. The van der Waals surface area contributed by atoms with Gasteiger partial charge in [-0.25, -0.2) is 9.97 Å². The molecule has 1 heterocycles. The van der Waals surface area contributed by atoms with Gasteiger partial charge in [-0.2, -0.15) is 0 Å². The first-order chi connectivity index (χ1) is 10.2. The van der Waals surface area contributed by atoms with Crippen molar-refractivity contribution in [2.24, 2.45) is 0 Å². The summed E-state index contributed by atoms with van der Waals surface area (Å²) in [4.78, 5) is 11.7. The number of hydrogen-bond donors (Lipinski definition) is 1. The Morgan fingerprint density at radius 2 is 1.71 bits per heavy atom. The smallest absolute Gasteiger partial charge is 0.191 e. The lowest BCUT2D eigenvalue weighted by atomic mass is 10.2. The van der Waals surface area contributed by atoms with Crippen LogP contribution in [0, 0.1) is 0 Å². The van der Waals surface area contributed by atoms with Crippen molar-refractivity contribution in [2.45, 2.75) is 58.0 Å². The number of nitrogens with zero attached hydrogens (tertiary/aromatic N) is 3. The van der Waals surface area contributed by atoms with Crippen LogP contribution in [0.1, 0.15) is 52.9 Å². The maximum absolute atomic E-state index is 4.70. The maximum Gasteiger partial charge on any atom is 0.191 e. The third-order valence-corrected chi connectivity index (χ3v) is 3.87. The molecule has 0 aliphatic carbocycles. The van der Waals surface area contributed by atoms with E-state index >= 15 is 0 Å². The van der Waals surface area contributed by atoms with E-state index in [1.165, 1.54) is 25.7 Å². The molecule has 120 valence electrons. The van der Waals surface area contributed by atoms with Crippen molar-refractivity contribution < 1.29 is 0 Å². The van der Waals surface area contributed by atoms with Crippen LogP contribution in [0.5, 0.6) is 0 Å². The Balaban J connectivity index is 2.91. The predicted octanol–water partition coefficient (Wildman–Crippen LogP) is 4.43. The van der Waals surface area contributed by atoms with E-state index in [0.29, 0.717) is 0 Å². The molecule has 1 N–H and O–H groups in total. The highest BCUT2D eigenvalue weighted by atomic mass is 32.2. The van der Waals surface area contributed by atoms with Gasteiger partial charge in [-0.15, -0.1) is 0 Å². The fourth-order valence-electron chi connectivity index (χ4n) is 2.05. The van der Waals surface area contributed by atoms with Crippen molar-refractivity contribution in [1.29, 1.82) is 0 Å². The molecule has 0 bridgehead atoms. The standard InChI is InChI=1S/C16H30N4S/c1-5-8-11-20(12-9-6-2)15-13-14(17-10-7-3)18-16(19-15)21-4/h13H,5-12H2,1-4H3,(H,17,18,19). The largest absolute Gasteiger partial charge is 0.370 e. The molecule has 0 unspecified atom stereocenters. The summed E-state index contributed by atoms with van der Waals surface area (Å²) in [6, 6.07) is 2.10. The first-order valence-corrected chi connectivity index (χ1v) is 9.39. The molecule has 0 aliphatic rings. The summed E-state index contributed by atoms with van der Waals surface area (Å²) in [5.74, 6) is 2.01. The van der Waals surface area contributed by atoms with Crippen molar-refractivity contribution in [3.8, 4) is 0 Å². The minimum absolute atomic E-state index is 0.851. The highest BCUT2D eigenvalue weighted by Gasteiger charge is 2.11. The molecule has 0 aliphatic heterocycles. The Hall–Kier alpha value is -0.970. The SMILES string of the molecule is CCCCN(CCCC)c1cc(NCCC)nc(SC)n1. The molecule has 0 spiro atoms. The summed E-state index contributed by atoms with van der Waals surface area (Å²) < 4.78 is 0. The van der Waals surface area contributed by atoms with Gasteiger partial charge < -0.3 is 10.2 Å². The van der Waals surface area contributed by atoms with Gasteiger partial charge in [-0.1, -0.05) is 45.4 Å². The van der Waals surface area contributed by atoms with Crippen molar-refractivity contribution in [3.63, 3.8) is 0 Å². The summed E-state index contributed by atoms with van der Waals surface area (Å²) in [5, 5.41) is 4.24. The lowest BCUT2D eigenvalue weighted by molar-refractivity contribution is 0.666. The van der Waals surface area contributed by atoms with E-state index in [9.17, 15) is 0 Å². The quantitative estimate of drug-likeness (QED) is 0.484. The number of thioether (sulfide) groups is 1. The van der Waals surface area contributed by atoms with Crippen LogP contribution in [0.25, 0.3) is 0 Å². The average molecular weight is 311 g/mol. The van der Waals surface area contributed by atoms with Crippen LogP contribution in [0.15, 0.2) is 11.2 Å². The van der Waals surface area contributed by atoms with Crippen molar-refractivity contribution in [3.05, 3.63) is 6.07 Å². The molecule has 0 atom stereocenters. The molecule has 1 rings (SSSR count). The second kappa shape index (κ2) is 10.7. The summed E-state index contributed by atoms with van der Waals surface area (Å²) in [5.41, 5.74) is 0. The van der Waals surface area contributed by atoms with Gasteiger partial charge in [0, 0.05) is 25.7 Å². The highest BCUT2D eigenvalue weighted by Crippen LogP contribution is 2.21. The second-order valence-corrected chi connectivity index (χ2v) is 5.99. The van der Waals surface area contributed by atoms with Crippen molar-refractivity contribution in [1.82, 2.24) is 9.97 Å². The van der Waals surface area contributed by atoms with E-state index in [4.69, 9.17) is 4.98 Å². The maximum atomic E-state index is 4.70. The first kappa shape index (κ1) is 18.1. The summed E-state index contributed by atoms with van der Waals surface area (Å²) in [6.07, 6.45) is 7.97. The minimum Gasteiger partial charge on any atom is -0.370 e. The molecule has 4 nitrogen and oxygen atoms in total. The van der Waals surface area contributed by atoms with Crippen molar-refractivity contribution in [2.75, 3.05) is 36.1 Å². The summed E-state index contributed by atoms with van der Waals surface area (Å²) >= 11 is 1.61. The van der Waals surface area contributed by atoms with Crippen LogP contribution in [0.2, 0.25) is 0 Å². The molecule has 0 saturated heterocycles. The van der Waals surface area contributed by atoms with Gasteiger partial charge in [0.1, 0.15) is 11.6 Å². The summed E-state index contributed by atoms with van der Waals surface area (Å²) in [6.45, 7) is 9.75. The third-order valence-electron chi connectivity index (χ3n) is 3.32. The molecular weight excluding hydrogens is 280 g/mol. The fourth-order valence-corrected chi connectivity index (χ4v) is 2.42. The first-order valence-electron chi connectivity index (χ1n) is 8.17. The zero-order valence-electron chi connectivity index (χ0n) is 14.0. The zero-order valence-corrected chi connectivity index (χ0v) is 14.8. The molecule has 0 radical (unpaired) electrons. The number of aromatic nitrogens is 2. The Morgan fingerprint density at radius 1 is 1.05 bits per heavy atom. The van der Waals surface area contributed by atoms with Crippen LogP contribution in [0.3, 0.4) is 0 Å². The van der Waals surface area contributed by atoms with Gasteiger partial charge in [0.2, 0.25) is 0 Å². The van der Waals surface area contributed by atoms with Gasteiger partial charge in [0.25, 0.3) is 0 Å². The van der Waals surface area contributed by atoms with Crippen molar-refractivity contribution >= 4 is 23.4 Å². The van der Waals surface area contributed by atoms with E-state index in [0.717, 1.165) is 42.8 Å². The van der Waals surface area contributed by atoms with Gasteiger partial charge in [0.15, 0.2) is 5.16 Å². The number of unbranched alkanes of at least 4 members (excludes halogenated alkanes) is 2. The third kappa shape index (κ3) is 6.55. The second-order valence-electron chi connectivity index (χ2n) is 5.22. The van der Waals surface area contributed by atoms with E-state index in [-0.39, 0.29) is 0 Å². The summed E-state index contributed by atoms with van der Waals surface area (Å²) in [7, 11) is 0. The Morgan fingerprint density at radius 3 is 2.24 bits per heavy atom. The molecule has 5 heteroatoms. The van der Waals surface area contributed by atoms with Crippen LogP contribution in [-0.2, 0) is 0 Å². The van der Waals surface area contributed by atoms with Gasteiger partial charge in [0.05, 0.1) is 0 Å². The number of nitrogens with one attached hydrogen (secondary N) is 1. The molecule has 21 heavy (non-hydrogen) atoms. The molecule has 0 aromatic carbocycles. The highest BCUT2D eigenvalue weighted by molar-refractivity contribution is 7.98. The number of hydrogen-bond acceptors (Lipinski definition) is 5. The minimum atomic E-state index is 0.851. The van der Waals surface area contributed by atoms with Gasteiger partial charge in [-0.05, 0) is 25.5 Å². The Labute approximate surface area is 134 Å². The molecule has 1 aromatic rings. The average Bonchev–Trinajstić information content (AvgIpc) is 2.52. The molecule has 0 amide bonds. The fraction of sp³-hybridized carbons (Fsp3) is 0.750. The number of anilines is 2. The molecular formula is C16H30N4S. The van der Waals surface area contributed by atoms with Crippen LogP contribution < -0.4 is 10.2 Å². The van der Waals surface area contributed by atoms with Crippen LogP contribution in [-0.4, -0.2) is 35.9 Å². The van der Waals surface area contributed by atoms with E-state index in [1.54, 1.807) is 11.8 Å². The van der Waals surface area contributed by atoms with E-state index in [1.807, 2.05) is 6.26 Å². The van der Waals surface area contributed by atoms with E-state index < -0.39 is 0 Å². The van der Waals surface area contributed by atoms with Crippen LogP contribution >= 0.6 is 11.8 Å². The Bertz CT molecular complexity index is 390. The van der Waals surface area contributed by atoms with Gasteiger partial charge >= 0.3 is 0 Å². The lowest BCUT2D eigenvalue weighted by Gasteiger charge is -2.24. The number of rotatable bonds is 11. The predicted molar refractivity (Wildman–Crippen MR) is 94.6 cm³/mol. The Kier molecular flexibility index (Phi) is 9.22. The molecule has 0 saturated carbocycles. The molecule has 1 aromatic heterocycles. The topological polar surface area (TPSA) is 41.0 Å². The van der Waals surface area contributed by atoms with Crippen LogP contribution in [0.4, 0.5) is 11.6 Å². The van der Waals surface area contributed by atoms with E-state index in [2.05, 4.69) is 42.0 Å².